The highest BCUT2D eigenvalue weighted by Gasteiger charge is 2.47. The van der Waals surface area contributed by atoms with E-state index in [1.807, 2.05) is 0 Å². The average Bonchev–Trinajstić information content (AvgIpc) is 3.06. The first kappa shape index (κ1) is 19.4. The molecular weight excluding hydrogens is 379 g/mol. The first-order chi connectivity index (χ1) is 12.0. The fourth-order valence-electron chi connectivity index (χ4n) is 2.06. The number of aromatic amines is 1. The number of hydrogen-bond donors (Lipinski definition) is 3. The van der Waals surface area contributed by atoms with Crippen LogP contribution >= 0.6 is 0 Å². The lowest BCUT2D eigenvalue weighted by Crippen LogP contribution is -2.24. The van der Waals surface area contributed by atoms with Gasteiger partial charge in [-0.2, -0.15) is 18.3 Å². The van der Waals surface area contributed by atoms with E-state index in [9.17, 15) is 31.2 Å². The van der Waals surface area contributed by atoms with E-state index in [2.05, 4.69) is 15.5 Å². The number of sulfone groups is 1. The maximum atomic E-state index is 12.8. The zero-order chi connectivity index (χ0) is 19.5. The first-order valence-electron chi connectivity index (χ1n) is 6.99. The predicted octanol–water partition coefficient (Wildman–Crippen LogP) is 1.97. The summed E-state index contributed by atoms with van der Waals surface area (Å²) in [5.74, 6) is -1.97. The van der Waals surface area contributed by atoms with Crippen molar-refractivity contribution >= 4 is 27.4 Å². The minimum Gasteiger partial charge on any atom is -0.481 e. The molecule has 2 aromatic rings. The molecule has 0 aliphatic carbocycles. The Balaban J connectivity index is 2.41. The Morgan fingerprint density at radius 3 is 2.46 bits per heavy atom. The van der Waals surface area contributed by atoms with E-state index in [1.54, 1.807) is 0 Å². The van der Waals surface area contributed by atoms with Crippen LogP contribution < -0.4 is 5.32 Å². The summed E-state index contributed by atoms with van der Waals surface area (Å²) >= 11 is 0. The number of hydrogen-bond acceptors (Lipinski definition) is 5. The van der Waals surface area contributed by atoms with Gasteiger partial charge in [-0.25, -0.2) is 8.42 Å². The highest BCUT2D eigenvalue weighted by molar-refractivity contribution is 7.92. The first-order valence-corrected chi connectivity index (χ1v) is 8.47. The second-order valence-corrected chi connectivity index (χ2v) is 7.00. The molecule has 0 fully saturated rings. The number of aliphatic carboxylic acids is 1. The Morgan fingerprint density at radius 1 is 1.23 bits per heavy atom. The van der Waals surface area contributed by atoms with Gasteiger partial charge in [-0.1, -0.05) is 0 Å². The fraction of sp³-hybridized carbons (Fsp3) is 0.214. The van der Waals surface area contributed by atoms with Gasteiger partial charge in [0.1, 0.15) is 5.69 Å². The number of carbonyl (C=O) groups is 2. The van der Waals surface area contributed by atoms with Crippen LogP contribution in [0.25, 0.3) is 0 Å². The highest BCUT2D eigenvalue weighted by atomic mass is 32.2. The number of nitrogens with zero attached hydrogens (tertiary/aromatic N) is 1. The lowest BCUT2D eigenvalue weighted by atomic mass is 10.1. The van der Waals surface area contributed by atoms with Crippen molar-refractivity contribution in [1.29, 1.82) is 0 Å². The number of nitrogens with one attached hydrogen (secondary N) is 2. The number of alkyl halides is 3. The number of aryl methyl sites for hydroxylation is 1. The molecule has 0 saturated heterocycles. The fourth-order valence-corrected chi connectivity index (χ4v) is 3.06. The van der Waals surface area contributed by atoms with Gasteiger partial charge in [0, 0.05) is 18.3 Å². The predicted molar refractivity (Wildman–Crippen MR) is 82.2 cm³/mol. The molecule has 0 saturated carbocycles. The van der Waals surface area contributed by atoms with Gasteiger partial charge < -0.3 is 10.4 Å². The number of halogens is 3. The summed E-state index contributed by atoms with van der Waals surface area (Å²) in [7, 11) is -5.67. The van der Waals surface area contributed by atoms with Crippen molar-refractivity contribution < 1.29 is 36.3 Å². The van der Waals surface area contributed by atoms with Crippen LogP contribution in [0, 0.1) is 0 Å². The molecular formula is C14H12F3N3O5S. The van der Waals surface area contributed by atoms with Gasteiger partial charge in [0.05, 0.1) is 4.90 Å². The third kappa shape index (κ3) is 4.20. The van der Waals surface area contributed by atoms with Gasteiger partial charge >= 0.3 is 11.5 Å². The minimum atomic E-state index is -5.67. The molecule has 1 amide bonds. The summed E-state index contributed by atoms with van der Waals surface area (Å²) in [5, 5.41) is 17.0. The molecule has 1 heterocycles. The summed E-state index contributed by atoms with van der Waals surface area (Å²) in [6.45, 7) is 0. The number of carboxylic acids is 1. The number of carboxylic acid groups (broad SMARTS) is 1. The third-order valence-electron chi connectivity index (χ3n) is 3.27. The van der Waals surface area contributed by atoms with Gasteiger partial charge in [0.15, 0.2) is 0 Å². The van der Waals surface area contributed by atoms with Gasteiger partial charge in [0.2, 0.25) is 0 Å². The van der Waals surface area contributed by atoms with Crippen LogP contribution in [0.15, 0.2) is 35.4 Å². The second kappa shape index (κ2) is 7.15. The number of aromatic nitrogens is 2. The molecule has 1 aromatic heterocycles. The Labute approximate surface area is 144 Å². The maximum absolute atomic E-state index is 12.8. The van der Waals surface area contributed by atoms with Crippen LogP contribution in [-0.4, -0.2) is 41.1 Å². The molecule has 8 nitrogen and oxygen atoms in total. The van der Waals surface area contributed by atoms with Gasteiger partial charge in [0.25, 0.3) is 15.7 Å². The van der Waals surface area contributed by atoms with E-state index in [4.69, 9.17) is 5.11 Å². The van der Waals surface area contributed by atoms with E-state index < -0.39 is 45.0 Å². The molecule has 0 unspecified atom stereocenters. The van der Waals surface area contributed by atoms with Crippen LogP contribution in [-0.2, 0) is 21.1 Å². The maximum Gasteiger partial charge on any atom is 0.501 e. The lowest BCUT2D eigenvalue weighted by Gasteiger charge is -2.14. The molecule has 0 spiro atoms. The molecule has 2 rings (SSSR count). The minimum absolute atomic E-state index is 0.00566. The van der Waals surface area contributed by atoms with E-state index in [-0.39, 0.29) is 16.9 Å². The van der Waals surface area contributed by atoms with Gasteiger partial charge in [-0.3, -0.25) is 14.7 Å². The number of amides is 1. The van der Waals surface area contributed by atoms with Gasteiger partial charge in [-0.05, 0) is 36.2 Å². The van der Waals surface area contributed by atoms with Crippen molar-refractivity contribution in [3.8, 4) is 0 Å². The number of rotatable bonds is 6. The molecule has 1 aromatic carbocycles. The van der Waals surface area contributed by atoms with Crippen molar-refractivity contribution in [3.63, 3.8) is 0 Å². The van der Waals surface area contributed by atoms with Crippen molar-refractivity contribution in [1.82, 2.24) is 10.2 Å². The molecule has 0 atom stereocenters. The van der Waals surface area contributed by atoms with E-state index in [0.717, 1.165) is 12.1 Å². The molecule has 3 N–H and O–H groups in total. The van der Waals surface area contributed by atoms with Crippen LogP contribution in [0.1, 0.15) is 22.5 Å². The second-order valence-electron chi connectivity index (χ2n) is 5.09. The monoisotopic (exact) mass is 391 g/mol. The lowest BCUT2D eigenvalue weighted by molar-refractivity contribution is -0.136. The number of carbonyl (C=O) groups excluding carboxylic acids is 1. The summed E-state index contributed by atoms with van der Waals surface area (Å²) in [6.07, 6.45) is 0.262. The topological polar surface area (TPSA) is 129 Å². The van der Waals surface area contributed by atoms with Gasteiger partial charge in [-0.15, -0.1) is 0 Å². The quantitative estimate of drug-likeness (QED) is 0.690. The number of anilines is 1. The normalized spacial score (nSPS) is 12.0. The molecule has 12 heteroatoms. The average molecular weight is 391 g/mol. The molecule has 140 valence electrons. The molecule has 0 radical (unpaired) electrons. The van der Waals surface area contributed by atoms with Crippen molar-refractivity contribution in [2.45, 2.75) is 23.2 Å². The summed E-state index contributed by atoms with van der Waals surface area (Å²) in [5.41, 5.74) is -5.83. The van der Waals surface area contributed by atoms with E-state index >= 15 is 0 Å². The zero-order valence-corrected chi connectivity index (χ0v) is 13.7. The van der Waals surface area contributed by atoms with Crippen LogP contribution in [0.3, 0.4) is 0 Å². The van der Waals surface area contributed by atoms with Crippen molar-refractivity contribution in [2.75, 3.05) is 5.32 Å². The largest absolute Gasteiger partial charge is 0.501 e. The van der Waals surface area contributed by atoms with Crippen LogP contribution in [0.4, 0.5) is 18.9 Å². The molecule has 0 aliphatic heterocycles. The van der Waals surface area contributed by atoms with Crippen LogP contribution in [0.2, 0.25) is 0 Å². The summed E-state index contributed by atoms with van der Waals surface area (Å²) < 4.78 is 61.8. The Hall–Kier alpha value is -2.89. The number of benzene rings is 1. The molecule has 0 aliphatic rings. The Kier molecular flexibility index (Phi) is 5.35. The zero-order valence-electron chi connectivity index (χ0n) is 12.9. The molecule has 26 heavy (non-hydrogen) atoms. The third-order valence-corrected chi connectivity index (χ3v) is 4.85. The SMILES string of the molecule is O=C(O)CCc1cc(NC(=O)c2ccn[nH]2)ccc1S(=O)(=O)C(F)(F)F. The molecule has 0 bridgehead atoms. The Bertz CT molecular complexity index is 924. The van der Waals surface area contributed by atoms with Crippen LogP contribution in [0.5, 0.6) is 0 Å². The highest BCUT2D eigenvalue weighted by Crippen LogP contribution is 2.33. The van der Waals surface area contributed by atoms with Crippen molar-refractivity contribution in [2.24, 2.45) is 0 Å². The van der Waals surface area contributed by atoms with E-state index in [0.29, 0.717) is 6.07 Å². The number of H-pyrrole nitrogens is 1. The van der Waals surface area contributed by atoms with Crippen molar-refractivity contribution in [3.05, 3.63) is 41.7 Å². The van der Waals surface area contributed by atoms with E-state index in [1.165, 1.54) is 12.3 Å². The smallest absolute Gasteiger partial charge is 0.481 e. The Morgan fingerprint density at radius 2 is 1.92 bits per heavy atom. The summed E-state index contributed by atoms with van der Waals surface area (Å²) in [4.78, 5) is 21.6. The standard InChI is InChI=1S/C14H12F3N3O5S/c15-14(16,17)26(24,25)11-3-2-9(7-8(11)1-4-12(21)22)19-13(23)10-5-6-18-20-10/h2-3,5-7H,1,4H2,(H,18,20)(H,19,23)(H,21,22). The summed E-state index contributed by atoms with van der Waals surface area (Å²) in [6, 6.07) is 4.01.